The first-order chi connectivity index (χ1) is 15.9. The number of hydrogen-bond acceptors (Lipinski definition) is 8. The fourth-order valence-electron chi connectivity index (χ4n) is 4.01. The molecule has 0 amide bonds. The first-order valence-electron chi connectivity index (χ1n) is 10.9. The lowest BCUT2D eigenvalue weighted by Crippen LogP contribution is -2.34. The molecule has 0 radical (unpaired) electrons. The molecule has 3 aromatic rings. The van der Waals surface area contributed by atoms with Crippen LogP contribution in [0.25, 0.3) is 0 Å². The van der Waals surface area contributed by atoms with Gasteiger partial charge in [-0.15, -0.1) is 0 Å². The maximum Gasteiger partial charge on any atom is 0.373 e. The molecule has 1 aromatic carbocycles. The summed E-state index contributed by atoms with van der Waals surface area (Å²) in [6.45, 7) is 4.78. The number of carbonyl (C=O) groups is 1. The third-order valence-electron chi connectivity index (χ3n) is 5.79. The van der Waals surface area contributed by atoms with Crippen LogP contribution >= 0.6 is 0 Å². The lowest BCUT2D eigenvalue weighted by Gasteiger charge is -2.31. The summed E-state index contributed by atoms with van der Waals surface area (Å²) >= 11 is 0. The monoisotopic (exact) mass is 450 g/mol. The minimum atomic E-state index is -0.491. The van der Waals surface area contributed by atoms with Gasteiger partial charge < -0.3 is 14.4 Å². The number of nitrogens with zero attached hydrogens (tertiary/aromatic N) is 5. The number of ether oxygens (including phenoxy) is 1. The van der Waals surface area contributed by atoms with Crippen molar-refractivity contribution in [3.05, 3.63) is 63.7 Å². The van der Waals surface area contributed by atoms with Crippen LogP contribution in [0.5, 0.6) is 11.6 Å². The van der Waals surface area contributed by atoms with Gasteiger partial charge in [-0.25, -0.2) is 4.98 Å². The molecule has 0 bridgehead atoms. The second kappa shape index (κ2) is 9.76. The average molecular weight is 450 g/mol. The smallest absolute Gasteiger partial charge is 0.373 e. The van der Waals surface area contributed by atoms with Gasteiger partial charge in [-0.05, 0) is 56.9 Å². The van der Waals surface area contributed by atoms with Gasteiger partial charge in [0.25, 0.3) is 0 Å². The lowest BCUT2D eigenvalue weighted by atomic mass is 9.93. The van der Waals surface area contributed by atoms with Crippen LogP contribution in [0.4, 0.5) is 11.5 Å². The van der Waals surface area contributed by atoms with Gasteiger partial charge in [-0.3, -0.25) is 15.2 Å². The molecule has 0 aliphatic carbocycles. The highest BCUT2D eigenvalue weighted by atomic mass is 16.6. The second-order valence-electron chi connectivity index (χ2n) is 8.29. The van der Waals surface area contributed by atoms with Crippen molar-refractivity contribution < 1.29 is 14.5 Å². The van der Waals surface area contributed by atoms with Crippen LogP contribution in [0.15, 0.2) is 36.7 Å². The molecule has 1 fully saturated rings. The van der Waals surface area contributed by atoms with Crippen molar-refractivity contribution in [2.45, 2.75) is 45.4 Å². The zero-order chi connectivity index (χ0) is 23.4. The van der Waals surface area contributed by atoms with Crippen LogP contribution < -0.4 is 9.64 Å². The van der Waals surface area contributed by atoms with Crippen LogP contribution in [0.1, 0.15) is 49.1 Å². The number of ketones is 1. The molecule has 172 valence electrons. The SMILES string of the molecule is CC(=O)CCc1ccc(Oc2ncnc(N3CCC(c4cc(C)[nH]n4)CC3)c2[N+](=O)[O-])cc1. The molecule has 0 atom stereocenters. The number of piperidine rings is 1. The zero-order valence-electron chi connectivity index (χ0n) is 18.7. The third kappa shape index (κ3) is 5.33. The molecule has 1 aliphatic rings. The van der Waals surface area contributed by atoms with E-state index in [2.05, 4.69) is 20.2 Å². The fraction of sp³-hybridized carbons (Fsp3) is 0.391. The van der Waals surface area contributed by atoms with Gasteiger partial charge >= 0.3 is 11.6 Å². The molecule has 10 nitrogen and oxygen atoms in total. The largest absolute Gasteiger partial charge is 0.434 e. The number of hydrogen-bond donors (Lipinski definition) is 1. The predicted octanol–water partition coefficient (Wildman–Crippen LogP) is 4.11. The van der Waals surface area contributed by atoms with E-state index in [9.17, 15) is 14.9 Å². The van der Waals surface area contributed by atoms with Crippen molar-refractivity contribution in [1.82, 2.24) is 20.2 Å². The van der Waals surface area contributed by atoms with Crippen molar-refractivity contribution in [2.24, 2.45) is 0 Å². The Morgan fingerprint density at radius 1 is 1.24 bits per heavy atom. The first-order valence-corrected chi connectivity index (χ1v) is 10.9. The normalized spacial score (nSPS) is 14.3. The van der Waals surface area contributed by atoms with Crippen LogP contribution in [0.2, 0.25) is 0 Å². The van der Waals surface area contributed by atoms with Crippen molar-refractivity contribution in [3.63, 3.8) is 0 Å². The number of anilines is 1. The van der Waals surface area contributed by atoms with Gasteiger partial charge in [0.2, 0.25) is 5.82 Å². The number of aryl methyl sites for hydroxylation is 2. The second-order valence-corrected chi connectivity index (χ2v) is 8.29. The van der Waals surface area contributed by atoms with Crippen molar-refractivity contribution >= 4 is 17.3 Å². The van der Waals surface area contributed by atoms with E-state index in [1.54, 1.807) is 19.1 Å². The zero-order valence-corrected chi connectivity index (χ0v) is 18.7. The first kappa shape index (κ1) is 22.4. The van der Waals surface area contributed by atoms with Gasteiger partial charge in [-0.1, -0.05) is 12.1 Å². The van der Waals surface area contributed by atoms with Crippen molar-refractivity contribution in [3.8, 4) is 11.6 Å². The van der Waals surface area contributed by atoms with E-state index >= 15 is 0 Å². The van der Waals surface area contributed by atoms with E-state index < -0.39 is 4.92 Å². The standard InChI is InChI=1S/C23H26N6O4/c1-15-13-20(27-26-15)18-9-11-28(12-10-18)22-21(29(31)32)23(25-14-24-22)33-19-7-5-17(6-8-19)4-3-16(2)30/h5-8,13-14,18H,3-4,9-12H2,1-2H3,(H,26,27). The third-order valence-corrected chi connectivity index (χ3v) is 5.79. The Labute approximate surface area is 191 Å². The molecule has 4 rings (SSSR count). The number of aromatic nitrogens is 4. The summed E-state index contributed by atoms with van der Waals surface area (Å²) in [7, 11) is 0. The number of H-pyrrole nitrogens is 1. The summed E-state index contributed by atoms with van der Waals surface area (Å²) in [5, 5.41) is 19.3. The van der Waals surface area contributed by atoms with E-state index in [4.69, 9.17) is 4.74 Å². The van der Waals surface area contributed by atoms with E-state index in [0.29, 0.717) is 37.6 Å². The summed E-state index contributed by atoms with van der Waals surface area (Å²) < 4.78 is 5.78. The molecule has 2 aromatic heterocycles. The van der Waals surface area contributed by atoms with Gasteiger partial charge in [0.1, 0.15) is 17.9 Å². The van der Waals surface area contributed by atoms with Crippen LogP contribution in [-0.4, -0.2) is 44.0 Å². The van der Waals surface area contributed by atoms with E-state index in [1.165, 1.54) is 6.33 Å². The van der Waals surface area contributed by atoms with Gasteiger partial charge in [0.05, 0.1) is 10.6 Å². The highest BCUT2D eigenvalue weighted by Crippen LogP contribution is 2.38. The van der Waals surface area contributed by atoms with Crippen LogP contribution in [0.3, 0.4) is 0 Å². The van der Waals surface area contributed by atoms with E-state index in [0.717, 1.165) is 29.8 Å². The maximum absolute atomic E-state index is 11.9. The predicted molar refractivity (Wildman–Crippen MR) is 122 cm³/mol. The maximum atomic E-state index is 11.9. The Hall–Kier alpha value is -3.82. The number of rotatable bonds is 8. The van der Waals surface area contributed by atoms with E-state index in [1.807, 2.05) is 30.0 Å². The number of benzene rings is 1. The van der Waals surface area contributed by atoms with Crippen LogP contribution in [-0.2, 0) is 11.2 Å². The molecular formula is C23H26N6O4. The van der Waals surface area contributed by atoms with Crippen molar-refractivity contribution in [2.75, 3.05) is 18.0 Å². The fourth-order valence-corrected chi connectivity index (χ4v) is 4.01. The topological polar surface area (TPSA) is 127 Å². The number of Topliss-reactive ketones (excluding diaryl/α,β-unsaturated/α-hetero) is 1. The number of nitrogens with one attached hydrogen (secondary N) is 1. The Morgan fingerprint density at radius 2 is 1.97 bits per heavy atom. The average Bonchev–Trinajstić information content (AvgIpc) is 3.24. The number of carbonyl (C=O) groups excluding carboxylic acids is 1. The summed E-state index contributed by atoms with van der Waals surface area (Å²) in [5.74, 6) is 1.04. The summed E-state index contributed by atoms with van der Waals surface area (Å²) in [6, 6.07) is 9.17. The molecule has 3 heterocycles. The lowest BCUT2D eigenvalue weighted by molar-refractivity contribution is -0.385. The quantitative estimate of drug-likeness (QED) is 0.401. The highest BCUT2D eigenvalue weighted by Gasteiger charge is 2.32. The van der Waals surface area contributed by atoms with Gasteiger partial charge in [0.15, 0.2) is 0 Å². The molecule has 1 saturated heterocycles. The number of nitro groups is 1. The molecule has 10 heteroatoms. The van der Waals surface area contributed by atoms with Gasteiger partial charge in [0, 0.05) is 31.1 Å². The molecule has 0 spiro atoms. The molecule has 33 heavy (non-hydrogen) atoms. The van der Waals surface area contributed by atoms with E-state index in [-0.39, 0.29) is 23.2 Å². The minimum absolute atomic E-state index is 0.0912. The van der Waals surface area contributed by atoms with Gasteiger partial charge in [-0.2, -0.15) is 10.1 Å². The molecule has 0 unspecified atom stereocenters. The molecule has 0 saturated carbocycles. The highest BCUT2D eigenvalue weighted by molar-refractivity contribution is 5.75. The Balaban J connectivity index is 1.49. The molecule has 1 N–H and O–H groups in total. The van der Waals surface area contributed by atoms with Crippen molar-refractivity contribution in [1.29, 1.82) is 0 Å². The summed E-state index contributed by atoms with van der Waals surface area (Å²) in [5.41, 5.74) is 2.80. The Kier molecular flexibility index (Phi) is 6.62. The Morgan fingerprint density at radius 3 is 2.58 bits per heavy atom. The molecule has 1 aliphatic heterocycles. The molecular weight excluding hydrogens is 424 g/mol. The Bertz CT molecular complexity index is 1140. The summed E-state index contributed by atoms with van der Waals surface area (Å²) in [4.78, 5) is 32.8. The number of aromatic amines is 1. The minimum Gasteiger partial charge on any atom is -0.434 e. The summed E-state index contributed by atoms with van der Waals surface area (Å²) in [6.07, 6.45) is 4.05. The van der Waals surface area contributed by atoms with Crippen LogP contribution in [0, 0.1) is 17.0 Å².